The van der Waals surface area contributed by atoms with Crippen LogP contribution >= 0.6 is 15.9 Å². The van der Waals surface area contributed by atoms with E-state index in [0.717, 1.165) is 4.47 Å². The fraction of sp³-hybridized carbons (Fsp3) is 0.500. The van der Waals surface area contributed by atoms with Crippen molar-refractivity contribution in [3.8, 4) is 0 Å². The maximum atomic E-state index is 12.7. The van der Waals surface area contributed by atoms with E-state index >= 15 is 0 Å². The van der Waals surface area contributed by atoms with Crippen LogP contribution in [-0.4, -0.2) is 35.1 Å². The van der Waals surface area contributed by atoms with Gasteiger partial charge in [-0.3, -0.25) is 14.6 Å². The number of hydrogen-bond acceptors (Lipinski definition) is 5. The van der Waals surface area contributed by atoms with Crippen LogP contribution in [0.2, 0.25) is 0 Å². The number of rotatable bonds is 4. The molecule has 0 radical (unpaired) electrons. The lowest BCUT2D eigenvalue weighted by Gasteiger charge is -2.23. The molecular weight excluding hydrogens is 348 g/mol. The molecule has 1 unspecified atom stereocenters. The number of esters is 1. The molecule has 1 rings (SSSR count). The molecule has 0 aliphatic carbocycles. The van der Waals surface area contributed by atoms with Gasteiger partial charge in [-0.15, -0.1) is 0 Å². The minimum absolute atomic E-state index is 0.222. The van der Waals surface area contributed by atoms with E-state index in [1.54, 1.807) is 53.8 Å². The molecule has 0 spiro atoms. The van der Waals surface area contributed by atoms with Crippen LogP contribution < -0.4 is 0 Å². The number of ether oxygens (including phenoxy) is 1. The van der Waals surface area contributed by atoms with Gasteiger partial charge in [0, 0.05) is 17.2 Å². The Morgan fingerprint density at radius 2 is 1.91 bits per heavy atom. The lowest BCUT2D eigenvalue weighted by molar-refractivity contribution is -0.155. The fourth-order valence-electron chi connectivity index (χ4n) is 1.79. The number of carbonyl (C=O) groups is 2. The van der Waals surface area contributed by atoms with Gasteiger partial charge in [-0.25, -0.2) is 4.98 Å². The van der Waals surface area contributed by atoms with E-state index in [1.165, 1.54) is 0 Å². The smallest absolute Gasteiger partial charge is 0.323 e. The predicted molar refractivity (Wildman–Crippen MR) is 89.4 cm³/mol. The van der Waals surface area contributed by atoms with Crippen molar-refractivity contribution in [1.82, 2.24) is 4.98 Å². The summed E-state index contributed by atoms with van der Waals surface area (Å²) in [6.45, 7) is 8.69. The molecule has 0 saturated carbocycles. The maximum absolute atomic E-state index is 12.7. The minimum Gasteiger partial charge on any atom is -0.459 e. The first kappa shape index (κ1) is 18.5. The number of carbonyl (C=O) groups excluding carboxylic acids is 2. The third-order valence-electron chi connectivity index (χ3n) is 2.95. The van der Waals surface area contributed by atoms with Gasteiger partial charge in [0.15, 0.2) is 5.92 Å². The lowest BCUT2D eigenvalue weighted by atomic mass is 9.96. The first-order valence-corrected chi connectivity index (χ1v) is 7.69. The highest BCUT2D eigenvalue weighted by atomic mass is 79.9. The van der Waals surface area contributed by atoms with Gasteiger partial charge in [0.2, 0.25) is 5.78 Å². The molecule has 120 valence electrons. The van der Waals surface area contributed by atoms with Crippen LogP contribution in [0.4, 0.5) is 0 Å². The highest BCUT2D eigenvalue weighted by Crippen LogP contribution is 2.19. The van der Waals surface area contributed by atoms with Gasteiger partial charge in [0.25, 0.3) is 0 Å². The summed E-state index contributed by atoms with van der Waals surface area (Å²) in [5, 5.41) is 0. The Labute approximate surface area is 139 Å². The summed E-state index contributed by atoms with van der Waals surface area (Å²) in [6, 6.07) is 3.32. The van der Waals surface area contributed by atoms with Gasteiger partial charge < -0.3 is 4.74 Å². The van der Waals surface area contributed by atoms with Crippen molar-refractivity contribution < 1.29 is 14.3 Å². The Hall–Kier alpha value is -1.56. The maximum Gasteiger partial charge on any atom is 0.323 e. The number of pyridine rings is 1. The first-order valence-electron chi connectivity index (χ1n) is 6.90. The highest BCUT2D eigenvalue weighted by Gasteiger charge is 2.34. The van der Waals surface area contributed by atoms with E-state index < -0.39 is 23.3 Å². The topological polar surface area (TPSA) is 68.6 Å². The molecular formula is C16H21BrN2O3. The van der Waals surface area contributed by atoms with E-state index in [4.69, 9.17) is 4.74 Å². The van der Waals surface area contributed by atoms with Crippen LogP contribution in [-0.2, 0) is 9.53 Å². The summed E-state index contributed by atoms with van der Waals surface area (Å²) in [5.41, 5.74) is 0.633. The molecule has 5 nitrogen and oxygen atoms in total. The van der Waals surface area contributed by atoms with Gasteiger partial charge in [0.1, 0.15) is 11.3 Å². The zero-order valence-corrected chi connectivity index (χ0v) is 15.3. The van der Waals surface area contributed by atoms with Gasteiger partial charge >= 0.3 is 5.97 Å². The molecule has 0 fully saturated rings. The molecule has 0 N–H and O–H groups in total. The number of hydrogen-bond donors (Lipinski definition) is 0. The number of ketones is 1. The zero-order valence-electron chi connectivity index (χ0n) is 13.7. The van der Waals surface area contributed by atoms with Crippen molar-refractivity contribution in [3.05, 3.63) is 28.0 Å². The Balaban J connectivity index is 3.19. The summed E-state index contributed by atoms with van der Waals surface area (Å²) >= 11 is 3.34. The van der Waals surface area contributed by atoms with Crippen LogP contribution in [0.15, 0.2) is 21.6 Å². The number of halogens is 1. The van der Waals surface area contributed by atoms with E-state index in [2.05, 4.69) is 25.9 Å². The molecule has 6 heteroatoms. The molecule has 0 bridgehead atoms. The SMILES string of the molecule is CN=C(C)C(C(=O)OC(C)(C)C)C(=O)c1ccc(Br)c(C)n1. The zero-order chi connectivity index (χ0) is 17.1. The van der Waals surface area contributed by atoms with Crippen LogP contribution in [0.3, 0.4) is 0 Å². The van der Waals surface area contributed by atoms with Gasteiger partial charge in [-0.1, -0.05) is 0 Å². The molecule has 0 aliphatic heterocycles. The van der Waals surface area contributed by atoms with Crippen molar-refractivity contribution in [3.63, 3.8) is 0 Å². The largest absolute Gasteiger partial charge is 0.459 e. The van der Waals surface area contributed by atoms with Gasteiger partial charge in [-0.05, 0) is 62.7 Å². The van der Waals surface area contributed by atoms with E-state index in [1.807, 2.05) is 0 Å². The summed E-state index contributed by atoms with van der Waals surface area (Å²) in [5.74, 6) is -2.09. The highest BCUT2D eigenvalue weighted by molar-refractivity contribution is 9.10. The number of aliphatic imine (C=N–C) groups is 1. The van der Waals surface area contributed by atoms with Crippen molar-refractivity contribution >= 4 is 33.4 Å². The van der Waals surface area contributed by atoms with Gasteiger partial charge in [-0.2, -0.15) is 0 Å². The van der Waals surface area contributed by atoms with Crippen LogP contribution in [0.25, 0.3) is 0 Å². The molecule has 1 heterocycles. The number of aromatic nitrogens is 1. The third-order valence-corrected chi connectivity index (χ3v) is 3.79. The van der Waals surface area contributed by atoms with Gasteiger partial charge in [0.05, 0.1) is 5.69 Å². The Morgan fingerprint density at radius 1 is 1.32 bits per heavy atom. The van der Waals surface area contributed by atoms with Crippen LogP contribution in [0.5, 0.6) is 0 Å². The second-order valence-corrected chi connectivity index (χ2v) is 6.81. The van der Waals surface area contributed by atoms with E-state index in [-0.39, 0.29) is 5.69 Å². The van der Waals surface area contributed by atoms with Crippen LogP contribution in [0.1, 0.15) is 43.9 Å². The van der Waals surface area contributed by atoms with Crippen molar-refractivity contribution in [1.29, 1.82) is 0 Å². The molecule has 1 atom stereocenters. The summed E-state index contributed by atoms with van der Waals surface area (Å²) < 4.78 is 6.15. The third kappa shape index (κ3) is 4.73. The molecule has 1 aromatic heterocycles. The number of nitrogens with zero attached hydrogens (tertiary/aromatic N) is 2. The number of Topliss-reactive ketones (excluding diaryl/α,β-unsaturated/α-hetero) is 1. The average molecular weight is 369 g/mol. The molecule has 1 aromatic rings. The van der Waals surface area contributed by atoms with Crippen molar-refractivity contribution in [2.24, 2.45) is 10.9 Å². The van der Waals surface area contributed by atoms with Crippen LogP contribution in [0, 0.1) is 12.8 Å². The second kappa shape index (κ2) is 7.13. The average Bonchev–Trinajstić information content (AvgIpc) is 2.39. The molecule has 0 amide bonds. The molecule has 0 aromatic carbocycles. The molecule has 0 aliphatic rings. The van der Waals surface area contributed by atoms with Crippen molar-refractivity contribution in [2.45, 2.75) is 40.2 Å². The predicted octanol–water partition coefficient (Wildman–Crippen LogP) is 3.38. The van der Waals surface area contributed by atoms with E-state index in [9.17, 15) is 9.59 Å². The normalized spacial score (nSPS) is 13.7. The summed E-state index contributed by atoms with van der Waals surface area (Å²) in [4.78, 5) is 33.3. The minimum atomic E-state index is -1.07. The standard InChI is InChI=1S/C16H21BrN2O3/c1-9-11(17)7-8-12(19-9)14(20)13(10(2)18-6)15(21)22-16(3,4)5/h7-8,13H,1-6H3. The monoisotopic (exact) mass is 368 g/mol. The summed E-state index contributed by atoms with van der Waals surface area (Å²) in [7, 11) is 1.54. The summed E-state index contributed by atoms with van der Waals surface area (Å²) in [6.07, 6.45) is 0. The Kier molecular flexibility index (Phi) is 6.00. The Morgan fingerprint density at radius 3 is 2.36 bits per heavy atom. The fourth-order valence-corrected chi connectivity index (χ4v) is 2.01. The second-order valence-electron chi connectivity index (χ2n) is 5.96. The van der Waals surface area contributed by atoms with E-state index in [0.29, 0.717) is 11.4 Å². The first-order chi connectivity index (χ1) is 10.1. The number of aryl methyl sites for hydroxylation is 1. The quantitative estimate of drug-likeness (QED) is 0.353. The molecule has 0 saturated heterocycles. The van der Waals surface area contributed by atoms with Crippen molar-refractivity contribution in [2.75, 3.05) is 7.05 Å². The molecule has 22 heavy (non-hydrogen) atoms. The lowest BCUT2D eigenvalue weighted by Crippen LogP contribution is -2.37. The Bertz CT molecular complexity index is 618.